The molecule has 0 radical (unpaired) electrons. The molecule has 35 heavy (non-hydrogen) atoms. The van der Waals surface area contributed by atoms with Crippen molar-refractivity contribution in [2.75, 3.05) is 46.2 Å². The quantitative estimate of drug-likeness (QED) is 0.141. The van der Waals surface area contributed by atoms with E-state index >= 15 is 0 Å². The Morgan fingerprint density at radius 2 is 1.29 bits per heavy atom. The van der Waals surface area contributed by atoms with Crippen LogP contribution in [0.5, 0.6) is 0 Å². The lowest BCUT2D eigenvalue weighted by Gasteiger charge is -2.07. The van der Waals surface area contributed by atoms with E-state index in [-0.39, 0.29) is 36.9 Å². The van der Waals surface area contributed by atoms with E-state index in [2.05, 4.69) is 6.92 Å². The molecule has 0 bridgehead atoms. The number of esters is 1. The van der Waals surface area contributed by atoms with Crippen LogP contribution in [0.1, 0.15) is 94.1 Å². The van der Waals surface area contributed by atoms with E-state index in [0.29, 0.717) is 19.8 Å². The zero-order valence-corrected chi connectivity index (χ0v) is 21.6. The number of carbonyl (C=O) groups excluding carboxylic acids is 2. The molecule has 1 aromatic heterocycles. The summed E-state index contributed by atoms with van der Waals surface area (Å²) in [6.45, 7) is 5.53. The topological polar surface area (TPSA) is 85.2 Å². The molecule has 1 heterocycles. The van der Waals surface area contributed by atoms with Crippen molar-refractivity contribution < 1.29 is 37.8 Å². The summed E-state index contributed by atoms with van der Waals surface area (Å²) in [5.74, 6) is -0.804. The van der Waals surface area contributed by atoms with Crippen molar-refractivity contribution in [3.63, 3.8) is 0 Å². The van der Waals surface area contributed by atoms with Crippen molar-refractivity contribution in [2.45, 2.75) is 84.5 Å². The third kappa shape index (κ3) is 16.2. The molecule has 1 aromatic rings. The maximum absolute atomic E-state index is 14.1. The molecule has 0 N–H and O–H groups in total. The summed E-state index contributed by atoms with van der Waals surface area (Å²) in [6.07, 6.45) is 13.5. The van der Waals surface area contributed by atoms with Gasteiger partial charge in [-0.3, -0.25) is 0 Å². The summed E-state index contributed by atoms with van der Waals surface area (Å²) in [5, 5.41) is 0. The molecule has 9 heteroatoms. The Morgan fingerprint density at radius 3 is 1.94 bits per heavy atom. The fourth-order valence-corrected chi connectivity index (χ4v) is 3.51. The van der Waals surface area contributed by atoms with Crippen molar-refractivity contribution in [3.05, 3.63) is 23.5 Å². The fraction of sp³-hybridized carbons (Fsp3) is 0.769. The average molecular weight is 502 g/mol. The monoisotopic (exact) mass is 501 g/mol. The highest BCUT2D eigenvalue weighted by Crippen LogP contribution is 2.15. The maximum Gasteiger partial charge on any atom is 0.508 e. The van der Waals surface area contributed by atoms with E-state index in [0.717, 1.165) is 24.8 Å². The number of hydrogen-bond acceptors (Lipinski definition) is 7. The summed E-state index contributed by atoms with van der Waals surface area (Å²) in [7, 11) is 0. The van der Waals surface area contributed by atoms with Gasteiger partial charge in [-0.25, -0.2) is 9.59 Å². The van der Waals surface area contributed by atoms with Gasteiger partial charge in [0, 0.05) is 12.8 Å². The molecule has 0 saturated carbocycles. The van der Waals surface area contributed by atoms with Gasteiger partial charge in [-0.1, -0.05) is 69.2 Å². The zero-order valence-electron chi connectivity index (χ0n) is 21.6. The number of halogens is 1. The molecule has 202 valence electrons. The van der Waals surface area contributed by atoms with Crippen LogP contribution in [0.3, 0.4) is 0 Å². The van der Waals surface area contributed by atoms with Gasteiger partial charge >= 0.3 is 12.1 Å². The Balaban J connectivity index is 2.09. The normalized spacial score (nSPS) is 10.9. The molecule has 0 atom stereocenters. The van der Waals surface area contributed by atoms with Crippen LogP contribution in [0.25, 0.3) is 0 Å². The van der Waals surface area contributed by atoms with Crippen molar-refractivity contribution >= 4 is 12.1 Å². The zero-order chi connectivity index (χ0) is 25.6. The van der Waals surface area contributed by atoms with Crippen LogP contribution < -0.4 is 0 Å². The highest BCUT2D eigenvalue weighted by molar-refractivity contribution is 5.87. The van der Waals surface area contributed by atoms with Gasteiger partial charge in [0.05, 0.1) is 19.8 Å². The molecule has 0 saturated heterocycles. The van der Waals surface area contributed by atoms with Crippen molar-refractivity contribution in [1.29, 1.82) is 0 Å². The number of hydrogen-bond donors (Lipinski definition) is 0. The number of rotatable bonds is 22. The van der Waals surface area contributed by atoms with Crippen LogP contribution in [-0.2, 0) is 30.1 Å². The molecule has 8 nitrogen and oxygen atoms in total. The van der Waals surface area contributed by atoms with Crippen LogP contribution in [0.2, 0.25) is 0 Å². The molecule has 0 aliphatic rings. The molecule has 0 spiro atoms. The predicted molar refractivity (Wildman–Crippen MR) is 131 cm³/mol. The van der Waals surface area contributed by atoms with Crippen LogP contribution in [0.4, 0.5) is 9.28 Å². The van der Waals surface area contributed by atoms with E-state index in [1.54, 1.807) is 0 Å². The van der Waals surface area contributed by atoms with E-state index in [1.165, 1.54) is 63.6 Å². The van der Waals surface area contributed by atoms with Gasteiger partial charge < -0.3 is 23.7 Å². The number of aryl methyl sites for hydroxylation is 1. The van der Waals surface area contributed by atoms with Crippen molar-refractivity contribution in [3.8, 4) is 0 Å². The molecule has 0 aromatic carbocycles. The number of aromatic nitrogens is 1. The van der Waals surface area contributed by atoms with Crippen LogP contribution >= 0.6 is 0 Å². The van der Waals surface area contributed by atoms with Gasteiger partial charge in [0.2, 0.25) is 0 Å². The first-order chi connectivity index (χ1) is 17.1. The lowest BCUT2D eigenvalue weighted by Crippen LogP contribution is -2.17. The Labute approximate surface area is 209 Å². The first-order valence-corrected chi connectivity index (χ1v) is 13.1. The smallest absolute Gasteiger partial charge is 0.457 e. The third-order valence-electron chi connectivity index (χ3n) is 5.42. The largest absolute Gasteiger partial charge is 0.508 e. The summed E-state index contributed by atoms with van der Waals surface area (Å²) in [6, 6.07) is 1.51. The SMILES string of the molecule is CCCCCCCCCCCCc1cc(C(=O)OCCOC(=O)OCCOCCOCC)n(F)c1. The van der Waals surface area contributed by atoms with Gasteiger partial charge in [-0.2, -0.15) is 4.79 Å². The highest BCUT2D eigenvalue weighted by atomic mass is 19.2. The van der Waals surface area contributed by atoms with E-state index in [9.17, 15) is 14.1 Å². The van der Waals surface area contributed by atoms with Crippen molar-refractivity contribution in [2.24, 2.45) is 0 Å². The van der Waals surface area contributed by atoms with Gasteiger partial charge in [0.25, 0.3) is 0 Å². The van der Waals surface area contributed by atoms with E-state index < -0.39 is 12.1 Å². The first-order valence-electron chi connectivity index (χ1n) is 13.1. The lowest BCUT2D eigenvalue weighted by atomic mass is 10.0. The fourth-order valence-electron chi connectivity index (χ4n) is 3.51. The second kappa shape index (κ2) is 21.2. The van der Waals surface area contributed by atoms with Crippen LogP contribution in [0.15, 0.2) is 12.3 Å². The minimum Gasteiger partial charge on any atom is -0.457 e. The van der Waals surface area contributed by atoms with Crippen LogP contribution in [-0.4, -0.2) is 63.2 Å². The number of nitrogens with zero attached hydrogens (tertiary/aromatic N) is 1. The minimum atomic E-state index is -0.887. The number of unbranched alkanes of at least 4 members (excludes halogenated alkanes) is 9. The molecule has 1 rings (SSSR count). The van der Waals surface area contributed by atoms with Crippen LogP contribution in [0, 0.1) is 0 Å². The molecule has 0 unspecified atom stereocenters. The standard InChI is InChI=1S/C26H44FNO7/c1-3-5-6-7-8-9-10-11-12-13-14-23-21-24(28(27)22-23)25(29)33-19-20-35-26(30)34-18-17-32-16-15-31-4-2/h21-22H,3-20H2,1-2H3. The van der Waals surface area contributed by atoms with Gasteiger partial charge in [0.15, 0.2) is 5.69 Å². The Hall–Kier alpha value is -2.13. The molecule has 0 aliphatic carbocycles. The summed E-state index contributed by atoms with van der Waals surface area (Å²) in [5.41, 5.74) is 0.598. The summed E-state index contributed by atoms with van der Waals surface area (Å²) in [4.78, 5) is 23.8. The molecular weight excluding hydrogens is 457 g/mol. The molecule has 0 fully saturated rings. The first kappa shape index (κ1) is 30.9. The average Bonchev–Trinajstić information content (AvgIpc) is 3.22. The maximum atomic E-state index is 14.1. The van der Waals surface area contributed by atoms with Gasteiger partial charge in [-0.05, 0) is 31.4 Å². The second-order valence-electron chi connectivity index (χ2n) is 8.37. The van der Waals surface area contributed by atoms with Gasteiger partial charge in [-0.15, -0.1) is 0 Å². The summed E-state index contributed by atoms with van der Waals surface area (Å²) < 4.78 is 39.0. The van der Waals surface area contributed by atoms with Gasteiger partial charge in [0.1, 0.15) is 19.8 Å². The van der Waals surface area contributed by atoms with E-state index in [1.807, 2.05) is 6.92 Å². The Bertz CT molecular complexity index is 681. The van der Waals surface area contributed by atoms with E-state index in [4.69, 9.17) is 23.7 Å². The third-order valence-corrected chi connectivity index (χ3v) is 5.42. The second-order valence-corrected chi connectivity index (χ2v) is 8.37. The predicted octanol–water partition coefficient (Wildman–Crippen LogP) is 6.05. The highest BCUT2D eigenvalue weighted by Gasteiger charge is 2.16. The molecule has 0 amide bonds. The number of ether oxygens (including phenoxy) is 5. The lowest BCUT2D eigenvalue weighted by molar-refractivity contribution is 0.00190. The number of carbonyl (C=O) groups is 2. The Morgan fingerprint density at radius 1 is 0.743 bits per heavy atom. The minimum absolute atomic E-state index is 0.0436. The van der Waals surface area contributed by atoms with Crippen molar-refractivity contribution in [1.82, 2.24) is 4.79 Å². The molecular formula is C26H44FNO7. The molecule has 0 aliphatic heterocycles. The summed E-state index contributed by atoms with van der Waals surface area (Å²) >= 11 is 0. The Kier molecular flexibility index (Phi) is 18.7.